The number of aromatic nitrogens is 2. The maximum Gasteiger partial charge on any atom is 0.278 e. The molecule has 2 aromatic heterocycles. The highest BCUT2D eigenvalue weighted by molar-refractivity contribution is 7.08. The molecular weight excluding hydrogens is 300 g/mol. The monoisotopic (exact) mass is 316 g/mol. The van der Waals surface area contributed by atoms with Crippen molar-refractivity contribution in [1.29, 1.82) is 0 Å². The zero-order chi connectivity index (χ0) is 15.7. The fraction of sp³-hybridized carbons (Fsp3) is 0.267. The molecule has 0 bridgehead atoms. The van der Waals surface area contributed by atoms with Crippen molar-refractivity contribution in [1.82, 2.24) is 14.7 Å². The molecule has 0 amide bonds. The molecule has 0 fully saturated rings. The first kappa shape index (κ1) is 14.7. The first-order valence-electron chi connectivity index (χ1n) is 6.87. The van der Waals surface area contributed by atoms with E-state index < -0.39 is 0 Å². The molecule has 0 atom stereocenters. The number of nitro benzene ring substituents is 1. The smallest absolute Gasteiger partial charge is 0.278 e. The number of rotatable bonds is 5. The summed E-state index contributed by atoms with van der Waals surface area (Å²) in [6, 6.07) is 5.31. The Morgan fingerprint density at radius 2 is 2.23 bits per heavy atom. The van der Waals surface area contributed by atoms with Crippen LogP contribution in [0.4, 0.5) is 5.69 Å². The van der Waals surface area contributed by atoms with Gasteiger partial charge in [0, 0.05) is 24.2 Å². The fourth-order valence-electron chi connectivity index (χ4n) is 2.33. The van der Waals surface area contributed by atoms with E-state index in [0.717, 1.165) is 29.6 Å². The van der Waals surface area contributed by atoms with Crippen molar-refractivity contribution >= 4 is 27.9 Å². The van der Waals surface area contributed by atoms with Gasteiger partial charge in [0.1, 0.15) is 0 Å². The third-order valence-corrected chi connectivity index (χ3v) is 4.16. The molecule has 0 spiro atoms. The molecular formula is C15H16N4O2S. The maximum atomic E-state index is 11.4. The van der Waals surface area contributed by atoms with Gasteiger partial charge in [-0.15, -0.1) is 0 Å². The molecule has 0 radical (unpaired) electrons. The summed E-state index contributed by atoms with van der Waals surface area (Å²) >= 11 is 1.52. The van der Waals surface area contributed by atoms with Gasteiger partial charge in [-0.05, 0) is 42.6 Å². The molecule has 3 rings (SSSR count). The Balaban J connectivity index is 2.07. The number of hydrogen-bond acceptors (Lipinski definition) is 5. The van der Waals surface area contributed by atoms with E-state index in [-0.39, 0.29) is 10.6 Å². The zero-order valence-corrected chi connectivity index (χ0v) is 13.2. The Hall–Kier alpha value is -2.25. The summed E-state index contributed by atoms with van der Waals surface area (Å²) in [5.74, 6) is 0. The molecule has 0 unspecified atom stereocenters. The van der Waals surface area contributed by atoms with Crippen LogP contribution in [0.15, 0.2) is 35.2 Å². The van der Waals surface area contributed by atoms with Gasteiger partial charge in [0.05, 0.1) is 22.5 Å². The highest BCUT2D eigenvalue weighted by Gasteiger charge is 2.18. The minimum Gasteiger partial charge on any atom is -0.308 e. The van der Waals surface area contributed by atoms with Crippen LogP contribution in [0.2, 0.25) is 0 Å². The lowest BCUT2D eigenvalue weighted by Gasteiger charge is -2.08. The molecule has 6 nitrogen and oxygen atoms in total. The van der Waals surface area contributed by atoms with Crippen LogP contribution in [0.3, 0.4) is 0 Å². The summed E-state index contributed by atoms with van der Waals surface area (Å²) in [6.45, 7) is 1.62. The molecule has 0 saturated carbocycles. The second kappa shape index (κ2) is 5.86. The number of benzene rings is 1. The van der Waals surface area contributed by atoms with Gasteiger partial charge < -0.3 is 4.90 Å². The molecule has 0 N–H and O–H groups in total. The van der Waals surface area contributed by atoms with Gasteiger partial charge in [-0.1, -0.05) is 0 Å². The summed E-state index contributed by atoms with van der Waals surface area (Å²) in [7, 11) is 4.01. The summed E-state index contributed by atoms with van der Waals surface area (Å²) in [6.07, 6.45) is 1.86. The SMILES string of the molecule is CN(C)CCn1cc2cc([N+](=O)[O-])c(-c3ccsc3)cc2n1. The predicted molar refractivity (Wildman–Crippen MR) is 88.3 cm³/mol. The van der Waals surface area contributed by atoms with Crippen LogP contribution >= 0.6 is 11.3 Å². The average Bonchev–Trinajstić information content (AvgIpc) is 3.12. The second-order valence-electron chi connectivity index (χ2n) is 5.39. The van der Waals surface area contributed by atoms with E-state index >= 15 is 0 Å². The maximum absolute atomic E-state index is 11.4. The molecule has 1 aromatic carbocycles. The number of likely N-dealkylation sites (N-methyl/N-ethyl adjacent to an activating group) is 1. The van der Waals surface area contributed by atoms with Crippen molar-refractivity contribution in [2.24, 2.45) is 0 Å². The van der Waals surface area contributed by atoms with Gasteiger partial charge in [-0.25, -0.2) is 0 Å². The molecule has 0 aliphatic carbocycles. The third-order valence-electron chi connectivity index (χ3n) is 3.47. The van der Waals surface area contributed by atoms with E-state index in [1.807, 2.05) is 47.9 Å². The van der Waals surface area contributed by atoms with Gasteiger partial charge >= 0.3 is 0 Å². The van der Waals surface area contributed by atoms with E-state index in [2.05, 4.69) is 10.00 Å². The summed E-state index contributed by atoms with van der Waals surface area (Å²) in [4.78, 5) is 13.1. The lowest BCUT2D eigenvalue weighted by Crippen LogP contribution is -2.18. The second-order valence-corrected chi connectivity index (χ2v) is 6.17. The van der Waals surface area contributed by atoms with E-state index in [1.54, 1.807) is 6.07 Å². The number of nitro groups is 1. The van der Waals surface area contributed by atoms with Crippen LogP contribution in [0.25, 0.3) is 22.0 Å². The lowest BCUT2D eigenvalue weighted by atomic mass is 10.1. The van der Waals surface area contributed by atoms with Crippen molar-refractivity contribution in [3.63, 3.8) is 0 Å². The first-order chi connectivity index (χ1) is 10.5. The van der Waals surface area contributed by atoms with Gasteiger partial charge in [0.2, 0.25) is 0 Å². The number of thiophene rings is 1. The van der Waals surface area contributed by atoms with Gasteiger partial charge in [-0.2, -0.15) is 16.4 Å². The summed E-state index contributed by atoms with van der Waals surface area (Å²) in [5, 5.41) is 20.5. The Labute approximate surface area is 131 Å². The summed E-state index contributed by atoms with van der Waals surface area (Å²) in [5.41, 5.74) is 2.39. The molecule has 7 heteroatoms. The van der Waals surface area contributed by atoms with Crippen molar-refractivity contribution in [3.05, 3.63) is 45.3 Å². The fourth-order valence-corrected chi connectivity index (χ4v) is 2.98. The topological polar surface area (TPSA) is 64.2 Å². The van der Waals surface area contributed by atoms with E-state index in [9.17, 15) is 10.1 Å². The molecule has 0 aliphatic heterocycles. The van der Waals surface area contributed by atoms with E-state index in [0.29, 0.717) is 5.56 Å². The molecule has 0 saturated heterocycles. The predicted octanol–water partition coefficient (Wildman–Crippen LogP) is 3.23. The Morgan fingerprint density at radius 3 is 2.86 bits per heavy atom. The molecule has 3 aromatic rings. The van der Waals surface area contributed by atoms with Crippen molar-refractivity contribution in [3.8, 4) is 11.1 Å². The highest BCUT2D eigenvalue weighted by Crippen LogP contribution is 2.34. The number of nitrogens with zero attached hydrogens (tertiary/aromatic N) is 4. The molecule has 0 aliphatic rings. The zero-order valence-electron chi connectivity index (χ0n) is 12.4. The van der Waals surface area contributed by atoms with Crippen molar-refractivity contribution in [2.75, 3.05) is 20.6 Å². The highest BCUT2D eigenvalue weighted by atomic mass is 32.1. The largest absolute Gasteiger partial charge is 0.308 e. The van der Waals surface area contributed by atoms with Crippen LogP contribution < -0.4 is 0 Å². The van der Waals surface area contributed by atoms with E-state index in [1.165, 1.54) is 11.3 Å². The average molecular weight is 316 g/mol. The van der Waals surface area contributed by atoms with Crippen LogP contribution in [-0.2, 0) is 6.54 Å². The Kier molecular flexibility index (Phi) is 3.91. The number of hydrogen-bond donors (Lipinski definition) is 0. The molecule has 114 valence electrons. The van der Waals surface area contributed by atoms with Crippen LogP contribution in [-0.4, -0.2) is 40.2 Å². The molecule has 2 heterocycles. The minimum atomic E-state index is -0.330. The summed E-state index contributed by atoms with van der Waals surface area (Å²) < 4.78 is 1.84. The Morgan fingerprint density at radius 1 is 1.41 bits per heavy atom. The van der Waals surface area contributed by atoms with Crippen LogP contribution in [0, 0.1) is 10.1 Å². The van der Waals surface area contributed by atoms with E-state index in [4.69, 9.17) is 0 Å². The van der Waals surface area contributed by atoms with Gasteiger partial charge in [-0.3, -0.25) is 14.8 Å². The molecule has 22 heavy (non-hydrogen) atoms. The Bertz CT molecular complexity index is 808. The lowest BCUT2D eigenvalue weighted by molar-refractivity contribution is -0.384. The normalized spacial score (nSPS) is 11.4. The van der Waals surface area contributed by atoms with Crippen LogP contribution in [0.1, 0.15) is 0 Å². The first-order valence-corrected chi connectivity index (χ1v) is 7.82. The van der Waals surface area contributed by atoms with Crippen molar-refractivity contribution < 1.29 is 4.92 Å². The standard InChI is InChI=1S/C15H16N4O2S/c1-17(2)4-5-18-9-12-7-15(19(20)21)13(8-14(12)16-18)11-3-6-22-10-11/h3,6-10H,4-5H2,1-2H3. The van der Waals surface area contributed by atoms with Gasteiger partial charge in [0.25, 0.3) is 5.69 Å². The minimum absolute atomic E-state index is 0.123. The van der Waals surface area contributed by atoms with Crippen LogP contribution in [0.5, 0.6) is 0 Å². The van der Waals surface area contributed by atoms with Gasteiger partial charge in [0.15, 0.2) is 0 Å². The van der Waals surface area contributed by atoms with Crippen molar-refractivity contribution in [2.45, 2.75) is 6.54 Å². The quantitative estimate of drug-likeness (QED) is 0.535. The third kappa shape index (κ3) is 2.86. The number of fused-ring (bicyclic) bond motifs is 1.